The van der Waals surface area contributed by atoms with E-state index in [-0.39, 0.29) is 17.7 Å². The molecule has 0 aliphatic carbocycles. The minimum atomic E-state index is -4.56. The molecule has 0 amide bonds. The number of pyridine rings is 1. The molecule has 31 heavy (non-hydrogen) atoms. The van der Waals surface area contributed by atoms with Crippen molar-refractivity contribution in [3.8, 4) is 11.3 Å². The summed E-state index contributed by atoms with van der Waals surface area (Å²) in [6.45, 7) is 3.89. The summed E-state index contributed by atoms with van der Waals surface area (Å²) in [5, 5.41) is 7.24. The van der Waals surface area contributed by atoms with E-state index in [1.54, 1.807) is 18.3 Å². The topological polar surface area (TPSA) is 81.8 Å². The summed E-state index contributed by atoms with van der Waals surface area (Å²) >= 11 is 0. The molecule has 0 radical (unpaired) electrons. The number of hydrogen-bond acceptors (Lipinski definition) is 6. The standard InChI is InChI=1S/C21H24F3N7/c22-21(23,24)17-11-28-20(29-13-5-9-31(12-13)14-3-7-25-8-4-14)30-18(17)16-10-27-19-15(16)2-1-6-26-19/h1-2,6,10-11,13-14,25H,3-5,7-9,12H2,(H,26,27)(H,28,29,30)/t13-/m1/s1. The average Bonchev–Trinajstić information content (AvgIpc) is 3.41. The lowest BCUT2D eigenvalue weighted by Gasteiger charge is -2.31. The molecule has 0 bridgehead atoms. The molecule has 10 heteroatoms. The van der Waals surface area contributed by atoms with Gasteiger partial charge in [0.2, 0.25) is 5.95 Å². The summed E-state index contributed by atoms with van der Waals surface area (Å²) in [6, 6.07) is 4.11. The van der Waals surface area contributed by atoms with Gasteiger partial charge >= 0.3 is 6.18 Å². The molecular formula is C21H24F3N7. The second-order valence-corrected chi connectivity index (χ2v) is 8.16. The minimum absolute atomic E-state index is 0.115. The van der Waals surface area contributed by atoms with Crippen LogP contribution in [0.5, 0.6) is 0 Å². The van der Waals surface area contributed by atoms with Crippen LogP contribution in [0.4, 0.5) is 19.1 Å². The van der Waals surface area contributed by atoms with Crippen LogP contribution in [-0.4, -0.2) is 63.1 Å². The molecule has 7 nitrogen and oxygen atoms in total. The van der Waals surface area contributed by atoms with Crippen molar-refractivity contribution in [2.45, 2.75) is 37.5 Å². The summed E-state index contributed by atoms with van der Waals surface area (Å²) in [5.41, 5.74) is -0.112. The first-order valence-electron chi connectivity index (χ1n) is 10.6. The number of rotatable bonds is 4. The van der Waals surface area contributed by atoms with Gasteiger partial charge in [0.15, 0.2) is 0 Å². The molecule has 0 unspecified atom stereocenters. The molecule has 164 valence electrons. The number of H-pyrrole nitrogens is 1. The van der Waals surface area contributed by atoms with E-state index in [0.29, 0.717) is 22.6 Å². The fourth-order valence-electron chi connectivity index (χ4n) is 4.61. The van der Waals surface area contributed by atoms with E-state index in [1.807, 2.05) is 0 Å². The van der Waals surface area contributed by atoms with Crippen LogP contribution in [0.25, 0.3) is 22.3 Å². The van der Waals surface area contributed by atoms with E-state index in [2.05, 4.69) is 35.5 Å². The normalized spacial score (nSPS) is 21.1. The highest BCUT2D eigenvalue weighted by Crippen LogP contribution is 2.38. The number of alkyl halides is 3. The van der Waals surface area contributed by atoms with Crippen molar-refractivity contribution in [3.63, 3.8) is 0 Å². The number of nitrogens with zero attached hydrogens (tertiary/aromatic N) is 4. The van der Waals surface area contributed by atoms with Crippen LogP contribution in [0.2, 0.25) is 0 Å². The molecule has 3 aromatic heterocycles. The first-order valence-corrected chi connectivity index (χ1v) is 10.6. The first kappa shape index (κ1) is 20.2. The van der Waals surface area contributed by atoms with E-state index < -0.39 is 11.7 Å². The van der Waals surface area contributed by atoms with Gasteiger partial charge in [0.1, 0.15) is 11.2 Å². The van der Waals surface area contributed by atoms with Crippen LogP contribution < -0.4 is 10.6 Å². The molecule has 0 aromatic carbocycles. The average molecular weight is 431 g/mol. The number of piperidine rings is 1. The highest BCUT2D eigenvalue weighted by molar-refractivity contribution is 5.93. The maximum atomic E-state index is 13.7. The number of anilines is 1. The van der Waals surface area contributed by atoms with Crippen molar-refractivity contribution in [2.24, 2.45) is 0 Å². The van der Waals surface area contributed by atoms with Crippen LogP contribution in [0.3, 0.4) is 0 Å². The van der Waals surface area contributed by atoms with Gasteiger partial charge in [0, 0.05) is 54.7 Å². The second-order valence-electron chi connectivity index (χ2n) is 8.16. The van der Waals surface area contributed by atoms with Crippen LogP contribution >= 0.6 is 0 Å². The lowest BCUT2D eigenvalue weighted by molar-refractivity contribution is -0.137. The Hall–Kier alpha value is -2.72. The third-order valence-corrected chi connectivity index (χ3v) is 6.18. The number of halogens is 3. The number of likely N-dealkylation sites (tertiary alicyclic amines) is 1. The second kappa shape index (κ2) is 8.08. The number of aromatic amines is 1. The number of nitrogens with one attached hydrogen (secondary N) is 3. The Kier molecular flexibility index (Phi) is 5.27. The molecule has 5 heterocycles. The van der Waals surface area contributed by atoms with Crippen LogP contribution in [0.1, 0.15) is 24.8 Å². The maximum absolute atomic E-state index is 13.7. The van der Waals surface area contributed by atoms with Crippen LogP contribution in [0.15, 0.2) is 30.7 Å². The van der Waals surface area contributed by atoms with E-state index in [0.717, 1.165) is 51.6 Å². The van der Waals surface area contributed by atoms with Gasteiger partial charge in [-0.15, -0.1) is 0 Å². The molecule has 2 saturated heterocycles. The number of hydrogen-bond donors (Lipinski definition) is 3. The van der Waals surface area contributed by atoms with Crippen molar-refractivity contribution in [1.29, 1.82) is 0 Å². The Bertz CT molecular complexity index is 1060. The van der Waals surface area contributed by atoms with Gasteiger partial charge in [-0.3, -0.25) is 4.90 Å². The van der Waals surface area contributed by atoms with Gasteiger partial charge in [-0.25, -0.2) is 15.0 Å². The Labute approximate surface area is 177 Å². The lowest BCUT2D eigenvalue weighted by Crippen LogP contribution is -2.42. The van der Waals surface area contributed by atoms with Crippen molar-refractivity contribution in [3.05, 3.63) is 36.3 Å². The van der Waals surface area contributed by atoms with Gasteiger partial charge in [-0.2, -0.15) is 13.2 Å². The van der Waals surface area contributed by atoms with Crippen molar-refractivity contribution >= 4 is 17.0 Å². The van der Waals surface area contributed by atoms with Crippen molar-refractivity contribution in [2.75, 3.05) is 31.5 Å². The van der Waals surface area contributed by atoms with E-state index in [9.17, 15) is 13.2 Å². The number of aromatic nitrogens is 4. The molecule has 3 aromatic rings. The summed E-state index contributed by atoms with van der Waals surface area (Å²) in [5.74, 6) is 0.221. The molecule has 1 atom stereocenters. The van der Waals surface area contributed by atoms with Crippen LogP contribution in [-0.2, 0) is 6.18 Å². The highest BCUT2D eigenvalue weighted by Gasteiger charge is 2.36. The third-order valence-electron chi connectivity index (χ3n) is 6.18. The zero-order valence-electron chi connectivity index (χ0n) is 16.9. The Balaban J connectivity index is 1.41. The Morgan fingerprint density at radius 1 is 1.13 bits per heavy atom. The minimum Gasteiger partial charge on any atom is -0.350 e. The summed E-state index contributed by atoms with van der Waals surface area (Å²) in [7, 11) is 0. The fourth-order valence-corrected chi connectivity index (χ4v) is 4.61. The molecule has 3 N–H and O–H groups in total. The number of fused-ring (bicyclic) bond motifs is 1. The summed E-state index contributed by atoms with van der Waals surface area (Å²) in [6.07, 6.45) is 2.60. The van der Waals surface area contributed by atoms with Crippen molar-refractivity contribution in [1.82, 2.24) is 30.2 Å². The highest BCUT2D eigenvalue weighted by atomic mass is 19.4. The molecular weight excluding hydrogens is 407 g/mol. The quantitative estimate of drug-likeness (QED) is 0.588. The van der Waals surface area contributed by atoms with E-state index in [1.165, 1.54) is 6.20 Å². The third kappa shape index (κ3) is 4.09. The molecule has 2 aliphatic rings. The first-order chi connectivity index (χ1) is 15.0. The van der Waals surface area contributed by atoms with Gasteiger partial charge in [0.05, 0.1) is 5.69 Å². The lowest BCUT2D eigenvalue weighted by atomic mass is 10.1. The SMILES string of the molecule is FC(F)(F)c1cnc(N[C@@H]2CCN(C3CCNCC3)C2)nc1-c1c[nH]c2ncccc12. The zero-order valence-corrected chi connectivity index (χ0v) is 16.9. The van der Waals surface area contributed by atoms with Gasteiger partial charge < -0.3 is 15.6 Å². The zero-order chi connectivity index (χ0) is 21.4. The van der Waals surface area contributed by atoms with E-state index >= 15 is 0 Å². The summed E-state index contributed by atoms with van der Waals surface area (Å²) < 4.78 is 41.1. The Morgan fingerprint density at radius 2 is 1.97 bits per heavy atom. The van der Waals surface area contributed by atoms with E-state index in [4.69, 9.17) is 0 Å². The monoisotopic (exact) mass is 431 g/mol. The molecule has 0 saturated carbocycles. The van der Waals surface area contributed by atoms with Gasteiger partial charge in [-0.1, -0.05) is 0 Å². The smallest absolute Gasteiger partial charge is 0.350 e. The van der Waals surface area contributed by atoms with Crippen LogP contribution in [0, 0.1) is 0 Å². The summed E-state index contributed by atoms with van der Waals surface area (Å²) in [4.78, 5) is 17.9. The Morgan fingerprint density at radius 3 is 2.77 bits per heavy atom. The van der Waals surface area contributed by atoms with Gasteiger partial charge in [-0.05, 0) is 44.5 Å². The molecule has 2 fully saturated rings. The molecule has 2 aliphatic heterocycles. The predicted molar refractivity (Wildman–Crippen MR) is 112 cm³/mol. The largest absolute Gasteiger partial charge is 0.419 e. The maximum Gasteiger partial charge on any atom is 0.419 e. The van der Waals surface area contributed by atoms with Crippen molar-refractivity contribution < 1.29 is 13.2 Å². The fraction of sp³-hybridized carbons (Fsp3) is 0.476. The molecule has 5 rings (SSSR count). The van der Waals surface area contributed by atoms with Gasteiger partial charge in [0.25, 0.3) is 0 Å². The predicted octanol–water partition coefficient (Wildman–Crippen LogP) is 3.28. The molecule has 0 spiro atoms.